The van der Waals surface area contributed by atoms with Crippen LogP contribution >= 0.6 is 11.6 Å². The number of nitrogens with two attached hydrogens (primary N) is 1. The van der Waals surface area contributed by atoms with Crippen molar-refractivity contribution >= 4 is 23.2 Å². The van der Waals surface area contributed by atoms with E-state index in [4.69, 9.17) is 22.1 Å². The summed E-state index contributed by atoms with van der Waals surface area (Å²) < 4.78 is 32.6. The minimum atomic E-state index is -0.550. The summed E-state index contributed by atoms with van der Waals surface area (Å²) in [6.07, 6.45) is 0.559. The molecule has 1 saturated carbocycles. The van der Waals surface area contributed by atoms with E-state index in [0.29, 0.717) is 22.9 Å². The maximum absolute atomic E-state index is 13.8. The number of ether oxygens (including phenoxy) is 1. The molecule has 0 saturated heterocycles. The summed E-state index contributed by atoms with van der Waals surface area (Å²) in [5, 5.41) is 3.34. The second kappa shape index (κ2) is 6.65. The number of benzene rings is 2. The largest absolute Gasteiger partial charge is 0.495 e. The second-order valence-corrected chi connectivity index (χ2v) is 5.94. The average Bonchev–Trinajstić information content (AvgIpc) is 3.25. The van der Waals surface area contributed by atoms with Gasteiger partial charge in [-0.25, -0.2) is 13.8 Å². The molecule has 0 spiro atoms. The van der Waals surface area contributed by atoms with Gasteiger partial charge in [-0.15, -0.1) is 0 Å². The van der Waals surface area contributed by atoms with Crippen LogP contribution in [0.2, 0.25) is 5.02 Å². The summed E-state index contributed by atoms with van der Waals surface area (Å²) in [5.74, 6) is -0.668. The van der Waals surface area contributed by atoms with Crippen LogP contribution in [-0.2, 0) is 0 Å². The fourth-order valence-electron chi connectivity index (χ4n) is 2.60. The molecule has 0 bridgehead atoms. The molecule has 3 rings (SSSR count). The number of methoxy groups -OCH3 is 1. The number of hydrogen-bond acceptors (Lipinski definition) is 2. The molecule has 2 aromatic carbocycles. The van der Waals surface area contributed by atoms with Gasteiger partial charge in [0.1, 0.15) is 17.4 Å². The van der Waals surface area contributed by atoms with Gasteiger partial charge in [0.05, 0.1) is 18.2 Å². The molecule has 3 N–H and O–H groups in total. The van der Waals surface area contributed by atoms with Crippen LogP contribution in [0.1, 0.15) is 17.9 Å². The first-order valence-electron chi connectivity index (χ1n) is 7.37. The summed E-state index contributed by atoms with van der Waals surface area (Å²) in [7, 11) is 1.53. The van der Waals surface area contributed by atoms with E-state index in [1.54, 1.807) is 18.2 Å². The smallest absolute Gasteiger partial charge is 0.193 e. The van der Waals surface area contributed by atoms with E-state index >= 15 is 0 Å². The van der Waals surface area contributed by atoms with Crippen molar-refractivity contribution in [2.24, 2.45) is 10.7 Å². The van der Waals surface area contributed by atoms with Crippen molar-refractivity contribution in [1.82, 2.24) is 0 Å². The van der Waals surface area contributed by atoms with E-state index in [0.717, 1.165) is 0 Å². The topological polar surface area (TPSA) is 59.6 Å². The number of guanidine groups is 1. The molecular formula is C17H16ClF2N3O. The number of nitrogens with one attached hydrogen (secondary N) is 1. The third-order valence-corrected chi connectivity index (χ3v) is 4.15. The molecule has 0 aliphatic heterocycles. The maximum atomic E-state index is 13.8. The van der Waals surface area contributed by atoms with Crippen LogP contribution in [0.25, 0.3) is 0 Å². The lowest BCUT2D eigenvalue weighted by Gasteiger charge is -2.08. The minimum Gasteiger partial charge on any atom is -0.495 e. The lowest BCUT2D eigenvalue weighted by atomic mass is 10.1. The van der Waals surface area contributed by atoms with E-state index in [2.05, 4.69) is 10.3 Å². The first kappa shape index (κ1) is 16.5. The van der Waals surface area contributed by atoms with Gasteiger partial charge in [-0.05, 0) is 36.8 Å². The van der Waals surface area contributed by atoms with E-state index in [-0.39, 0.29) is 23.5 Å². The zero-order valence-corrected chi connectivity index (χ0v) is 13.6. The van der Waals surface area contributed by atoms with Gasteiger partial charge in [0.15, 0.2) is 5.96 Å². The van der Waals surface area contributed by atoms with Crippen molar-refractivity contribution in [3.05, 3.63) is 58.6 Å². The van der Waals surface area contributed by atoms with Gasteiger partial charge in [-0.3, -0.25) is 0 Å². The zero-order valence-electron chi connectivity index (χ0n) is 12.9. The van der Waals surface area contributed by atoms with E-state index < -0.39 is 11.6 Å². The highest BCUT2D eigenvalue weighted by Gasteiger charge is 2.42. The molecule has 0 heterocycles. The Kier molecular flexibility index (Phi) is 4.57. The fourth-order valence-corrected chi connectivity index (χ4v) is 2.86. The first-order valence-corrected chi connectivity index (χ1v) is 7.75. The molecule has 126 valence electrons. The van der Waals surface area contributed by atoms with Crippen LogP contribution in [0.15, 0.2) is 41.4 Å². The SMILES string of the molecule is COc1ccc(NC(N)=NC2CC2c2c(F)cccc2F)cc1Cl. The second-order valence-electron chi connectivity index (χ2n) is 5.53. The Morgan fingerprint density at radius 3 is 2.62 bits per heavy atom. The van der Waals surface area contributed by atoms with Gasteiger partial charge in [0.25, 0.3) is 0 Å². The van der Waals surface area contributed by atoms with Gasteiger partial charge in [0, 0.05) is 17.2 Å². The quantitative estimate of drug-likeness (QED) is 0.648. The normalized spacial score (nSPS) is 19.9. The Balaban J connectivity index is 1.69. The highest BCUT2D eigenvalue weighted by atomic mass is 35.5. The molecule has 0 radical (unpaired) electrons. The Labute approximate surface area is 143 Å². The van der Waals surface area contributed by atoms with Crippen LogP contribution in [0.4, 0.5) is 14.5 Å². The zero-order chi connectivity index (χ0) is 17.3. The van der Waals surface area contributed by atoms with Gasteiger partial charge in [-0.2, -0.15) is 0 Å². The molecule has 1 aliphatic rings. The predicted molar refractivity (Wildman–Crippen MR) is 90.8 cm³/mol. The third-order valence-electron chi connectivity index (χ3n) is 3.86. The van der Waals surface area contributed by atoms with Crippen molar-refractivity contribution < 1.29 is 13.5 Å². The van der Waals surface area contributed by atoms with Crippen LogP contribution in [0.5, 0.6) is 5.75 Å². The lowest BCUT2D eigenvalue weighted by Crippen LogP contribution is -2.23. The molecule has 24 heavy (non-hydrogen) atoms. The summed E-state index contributed by atoms with van der Waals surface area (Å²) in [5.41, 5.74) is 6.59. The molecule has 2 unspecified atom stereocenters. The van der Waals surface area contributed by atoms with Gasteiger partial charge in [0.2, 0.25) is 0 Å². The molecular weight excluding hydrogens is 336 g/mol. The van der Waals surface area contributed by atoms with Crippen molar-refractivity contribution in [2.45, 2.75) is 18.4 Å². The van der Waals surface area contributed by atoms with Crippen molar-refractivity contribution in [1.29, 1.82) is 0 Å². The molecule has 1 aliphatic carbocycles. The molecule has 7 heteroatoms. The lowest BCUT2D eigenvalue weighted by molar-refractivity contribution is 0.415. The summed E-state index contributed by atoms with van der Waals surface area (Å²) in [6, 6.07) is 8.71. The number of halogens is 3. The van der Waals surface area contributed by atoms with Gasteiger partial charge in [-0.1, -0.05) is 17.7 Å². The van der Waals surface area contributed by atoms with Crippen LogP contribution in [-0.4, -0.2) is 19.1 Å². The standard InChI is InChI=1S/C17H16ClF2N3O/c1-24-15-6-5-9(7-11(15)18)22-17(21)23-14-8-10(14)16-12(19)3-2-4-13(16)20/h2-7,10,14H,8H2,1H3,(H3,21,22,23). The van der Waals surface area contributed by atoms with Crippen molar-refractivity contribution in [2.75, 3.05) is 12.4 Å². The minimum absolute atomic E-state index is 0.0755. The predicted octanol–water partition coefficient (Wildman–Crippen LogP) is 3.91. The van der Waals surface area contributed by atoms with Gasteiger partial charge < -0.3 is 15.8 Å². The Hall–Kier alpha value is -2.34. The number of anilines is 1. The monoisotopic (exact) mass is 351 g/mol. The highest BCUT2D eigenvalue weighted by molar-refractivity contribution is 6.32. The number of aliphatic imine (C=N–C) groups is 1. The molecule has 4 nitrogen and oxygen atoms in total. The number of nitrogens with zero attached hydrogens (tertiary/aromatic N) is 1. The average molecular weight is 352 g/mol. The van der Waals surface area contributed by atoms with Crippen LogP contribution in [0, 0.1) is 11.6 Å². The third kappa shape index (κ3) is 3.43. The van der Waals surface area contributed by atoms with Gasteiger partial charge >= 0.3 is 0 Å². The number of hydrogen-bond donors (Lipinski definition) is 2. The summed E-state index contributed by atoms with van der Waals surface area (Å²) >= 11 is 6.04. The number of rotatable bonds is 4. The highest BCUT2D eigenvalue weighted by Crippen LogP contribution is 2.45. The van der Waals surface area contributed by atoms with Crippen molar-refractivity contribution in [3.63, 3.8) is 0 Å². The van der Waals surface area contributed by atoms with E-state index in [1.165, 1.54) is 25.3 Å². The Morgan fingerprint density at radius 2 is 2.00 bits per heavy atom. The maximum Gasteiger partial charge on any atom is 0.193 e. The Bertz CT molecular complexity index is 777. The van der Waals surface area contributed by atoms with Crippen LogP contribution in [0.3, 0.4) is 0 Å². The van der Waals surface area contributed by atoms with E-state index in [1.807, 2.05) is 0 Å². The van der Waals surface area contributed by atoms with E-state index in [9.17, 15) is 8.78 Å². The molecule has 0 aromatic heterocycles. The first-order chi connectivity index (χ1) is 11.5. The molecule has 1 fully saturated rings. The van der Waals surface area contributed by atoms with Crippen LogP contribution < -0.4 is 15.8 Å². The summed E-state index contributed by atoms with van der Waals surface area (Å²) in [4.78, 5) is 4.27. The summed E-state index contributed by atoms with van der Waals surface area (Å²) in [6.45, 7) is 0. The molecule has 0 amide bonds. The molecule has 2 aromatic rings. The van der Waals surface area contributed by atoms with Crippen molar-refractivity contribution in [3.8, 4) is 5.75 Å². The fraction of sp³-hybridized carbons (Fsp3) is 0.235. The Morgan fingerprint density at radius 1 is 1.29 bits per heavy atom. The molecule has 2 atom stereocenters.